The first-order valence-electron chi connectivity index (χ1n) is 8.83. The van der Waals surface area contributed by atoms with Gasteiger partial charge in [0.05, 0.1) is 12.2 Å². The first kappa shape index (κ1) is 18.9. The maximum atomic E-state index is 13.1. The third kappa shape index (κ3) is 3.51. The number of para-hydroxylation sites is 1. The van der Waals surface area contributed by atoms with Crippen LogP contribution in [-0.4, -0.2) is 23.4 Å². The Morgan fingerprint density at radius 2 is 2.04 bits per heavy atom. The molecule has 0 radical (unpaired) electrons. The minimum atomic E-state index is -1.83. The van der Waals surface area contributed by atoms with E-state index in [0.29, 0.717) is 23.6 Å². The van der Waals surface area contributed by atoms with Gasteiger partial charge in [-0.25, -0.2) is 0 Å². The standard InChI is InChI=1S/C22H23NO4/c1-4-11-27-20-8-6-5-7-17(20)14-23-19-10-9-15(2)12-18(19)22(26,21(23)25)13-16(3)24/h4-10,12,26H,1,11,13-14H2,2-3H3/t22-/m1/s1. The van der Waals surface area contributed by atoms with Crippen LogP contribution in [-0.2, 0) is 21.7 Å². The van der Waals surface area contributed by atoms with Crippen LogP contribution in [0.5, 0.6) is 5.75 Å². The van der Waals surface area contributed by atoms with Crippen LogP contribution in [0.4, 0.5) is 5.69 Å². The summed E-state index contributed by atoms with van der Waals surface area (Å²) in [7, 11) is 0. The summed E-state index contributed by atoms with van der Waals surface area (Å²) >= 11 is 0. The van der Waals surface area contributed by atoms with Crippen LogP contribution in [0.25, 0.3) is 0 Å². The fourth-order valence-electron chi connectivity index (χ4n) is 3.45. The van der Waals surface area contributed by atoms with E-state index >= 15 is 0 Å². The molecule has 0 saturated carbocycles. The average molecular weight is 365 g/mol. The molecule has 5 heteroatoms. The van der Waals surface area contributed by atoms with Crippen LogP contribution in [0.2, 0.25) is 0 Å². The van der Waals surface area contributed by atoms with Gasteiger partial charge in [-0.05, 0) is 26.0 Å². The molecule has 0 spiro atoms. The Kier molecular flexibility index (Phi) is 5.15. The summed E-state index contributed by atoms with van der Waals surface area (Å²) in [5.74, 6) is -0.0763. The van der Waals surface area contributed by atoms with Crippen molar-refractivity contribution in [2.24, 2.45) is 0 Å². The fourth-order valence-corrected chi connectivity index (χ4v) is 3.45. The van der Waals surface area contributed by atoms with Crippen LogP contribution in [0.1, 0.15) is 30.0 Å². The molecule has 0 unspecified atom stereocenters. The number of amides is 1. The van der Waals surface area contributed by atoms with E-state index in [9.17, 15) is 14.7 Å². The van der Waals surface area contributed by atoms with E-state index in [1.54, 1.807) is 12.1 Å². The molecular formula is C22H23NO4. The number of Topliss-reactive ketones (excluding diaryl/α,β-unsaturated/α-hetero) is 1. The lowest BCUT2D eigenvalue weighted by Gasteiger charge is -2.23. The number of nitrogens with zero attached hydrogens (tertiary/aromatic N) is 1. The molecule has 1 N–H and O–H groups in total. The predicted octanol–water partition coefficient (Wildman–Crippen LogP) is 3.27. The minimum absolute atomic E-state index is 0.239. The summed E-state index contributed by atoms with van der Waals surface area (Å²) in [5, 5.41) is 11.1. The second kappa shape index (κ2) is 7.37. The lowest BCUT2D eigenvalue weighted by molar-refractivity contribution is -0.141. The van der Waals surface area contributed by atoms with Gasteiger partial charge in [-0.1, -0.05) is 48.6 Å². The van der Waals surface area contributed by atoms with Crippen LogP contribution in [0.3, 0.4) is 0 Å². The monoisotopic (exact) mass is 365 g/mol. The molecule has 2 aromatic carbocycles. The highest BCUT2D eigenvalue weighted by Gasteiger charge is 2.50. The number of carbonyl (C=O) groups excluding carboxylic acids is 2. The summed E-state index contributed by atoms with van der Waals surface area (Å²) < 4.78 is 5.68. The molecule has 1 atom stereocenters. The van der Waals surface area contributed by atoms with E-state index < -0.39 is 11.5 Å². The number of carbonyl (C=O) groups is 2. The number of benzene rings is 2. The highest BCUT2D eigenvalue weighted by molar-refractivity contribution is 6.08. The van der Waals surface area contributed by atoms with E-state index in [4.69, 9.17) is 4.74 Å². The Hall–Kier alpha value is -2.92. The number of anilines is 1. The number of hydrogen-bond acceptors (Lipinski definition) is 4. The second-order valence-electron chi connectivity index (χ2n) is 6.86. The summed E-state index contributed by atoms with van der Waals surface area (Å²) in [5.41, 5.74) is 0.996. The Morgan fingerprint density at radius 3 is 2.74 bits per heavy atom. The van der Waals surface area contributed by atoms with Gasteiger partial charge in [0.25, 0.3) is 5.91 Å². The topological polar surface area (TPSA) is 66.8 Å². The van der Waals surface area contributed by atoms with Crippen molar-refractivity contribution in [3.8, 4) is 5.75 Å². The number of fused-ring (bicyclic) bond motifs is 1. The lowest BCUT2D eigenvalue weighted by Crippen LogP contribution is -2.41. The van der Waals surface area contributed by atoms with Gasteiger partial charge in [-0.15, -0.1) is 0 Å². The molecule has 5 nitrogen and oxygen atoms in total. The van der Waals surface area contributed by atoms with Crippen molar-refractivity contribution in [1.82, 2.24) is 0 Å². The van der Waals surface area contributed by atoms with E-state index in [0.717, 1.165) is 11.1 Å². The zero-order valence-corrected chi connectivity index (χ0v) is 15.6. The Labute approximate surface area is 158 Å². The van der Waals surface area contributed by atoms with Gasteiger partial charge < -0.3 is 14.7 Å². The fraction of sp³-hybridized carbons (Fsp3) is 0.273. The van der Waals surface area contributed by atoms with Gasteiger partial charge >= 0.3 is 0 Å². The molecule has 0 aliphatic carbocycles. The van der Waals surface area contributed by atoms with Gasteiger partial charge in [0.1, 0.15) is 18.1 Å². The van der Waals surface area contributed by atoms with Gasteiger partial charge in [-0.2, -0.15) is 0 Å². The van der Waals surface area contributed by atoms with Crippen LogP contribution in [0.15, 0.2) is 55.1 Å². The molecular weight excluding hydrogens is 342 g/mol. The largest absolute Gasteiger partial charge is 0.489 e. The van der Waals surface area contributed by atoms with Crippen molar-refractivity contribution in [2.75, 3.05) is 11.5 Å². The Bertz CT molecular complexity index is 905. The normalized spacial score (nSPS) is 18.3. The summed E-state index contributed by atoms with van der Waals surface area (Å²) in [4.78, 5) is 26.4. The molecule has 0 aromatic heterocycles. The number of aryl methyl sites for hydroxylation is 1. The Balaban J connectivity index is 2.02. The molecule has 1 aliphatic rings. The highest BCUT2D eigenvalue weighted by Crippen LogP contribution is 2.44. The summed E-state index contributed by atoms with van der Waals surface area (Å²) in [6.07, 6.45) is 1.41. The average Bonchev–Trinajstić information content (AvgIpc) is 2.82. The number of aliphatic hydroxyl groups is 1. The molecule has 0 saturated heterocycles. The molecule has 1 amide bonds. The molecule has 0 fully saturated rings. The van der Waals surface area contributed by atoms with Crippen molar-refractivity contribution < 1.29 is 19.4 Å². The summed E-state index contributed by atoms with van der Waals surface area (Å²) in [6.45, 7) is 7.51. The number of ketones is 1. The first-order chi connectivity index (χ1) is 12.9. The van der Waals surface area contributed by atoms with Crippen molar-refractivity contribution >= 4 is 17.4 Å². The smallest absolute Gasteiger partial charge is 0.264 e. The molecule has 1 aliphatic heterocycles. The SMILES string of the molecule is C=CCOc1ccccc1CN1C(=O)[C@@](O)(CC(C)=O)c2cc(C)ccc21. The molecule has 3 rings (SSSR count). The maximum Gasteiger partial charge on any atom is 0.264 e. The second-order valence-corrected chi connectivity index (χ2v) is 6.86. The maximum absolute atomic E-state index is 13.1. The molecule has 0 bridgehead atoms. The first-order valence-corrected chi connectivity index (χ1v) is 8.83. The summed E-state index contributed by atoms with van der Waals surface area (Å²) in [6, 6.07) is 12.9. The van der Waals surface area contributed by atoms with Gasteiger partial charge in [0.2, 0.25) is 0 Å². The van der Waals surface area contributed by atoms with E-state index in [2.05, 4.69) is 6.58 Å². The lowest BCUT2D eigenvalue weighted by atomic mass is 9.89. The highest BCUT2D eigenvalue weighted by atomic mass is 16.5. The Morgan fingerprint density at radius 1 is 1.30 bits per heavy atom. The quantitative estimate of drug-likeness (QED) is 0.765. The zero-order chi connectivity index (χ0) is 19.6. The van der Waals surface area contributed by atoms with Gasteiger partial charge in [0, 0.05) is 17.5 Å². The van der Waals surface area contributed by atoms with Crippen LogP contribution >= 0.6 is 0 Å². The van der Waals surface area contributed by atoms with E-state index in [1.165, 1.54) is 11.8 Å². The van der Waals surface area contributed by atoms with Crippen molar-refractivity contribution in [3.05, 3.63) is 71.8 Å². The number of ether oxygens (including phenoxy) is 1. The van der Waals surface area contributed by atoms with Crippen molar-refractivity contribution in [2.45, 2.75) is 32.4 Å². The molecule has 1 heterocycles. The van der Waals surface area contributed by atoms with Crippen molar-refractivity contribution in [3.63, 3.8) is 0 Å². The number of hydrogen-bond donors (Lipinski definition) is 1. The number of rotatable bonds is 7. The van der Waals surface area contributed by atoms with E-state index in [1.807, 2.05) is 43.3 Å². The zero-order valence-electron chi connectivity index (χ0n) is 15.6. The van der Waals surface area contributed by atoms with Crippen LogP contribution < -0.4 is 9.64 Å². The van der Waals surface area contributed by atoms with Crippen molar-refractivity contribution in [1.29, 1.82) is 0 Å². The van der Waals surface area contributed by atoms with E-state index in [-0.39, 0.29) is 18.7 Å². The van der Waals surface area contributed by atoms with Gasteiger partial charge in [0.15, 0.2) is 5.60 Å². The molecule has 140 valence electrons. The third-order valence-electron chi connectivity index (χ3n) is 4.65. The molecule has 2 aromatic rings. The minimum Gasteiger partial charge on any atom is -0.489 e. The van der Waals surface area contributed by atoms with Gasteiger partial charge in [-0.3, -0.25) is 9.59 Å². The predicted molar refractivity (Wildman–Crippen MR) is 104 cm³/mol. The third-order valence-corrected chi connectivity index (χ3v) is 4.65. The van der Waals surface area contributed by atoms with Crippen LogP contribution in [0, 0.1) is 6.92 Å². The molecule has 27 heavy (non-hydrogen) atoms.